The van der Waals surface area contributed by atoms with Crippen LogP contribution in [0.15, 0.2) is 60.3 Å². The van der Waals surface area contributed by atoms with Crippen LogP contribution in [0.5, 0.6) is 0 Å². The third kappa shape index (κ3) is 3.05. The van der Waals surface area contributed by atoms with Crippen molar-refractivity contribution in [1.29, 1.82) is 0 Å². The molecule has 132 valence electrons. The average Bonchev–Trinajstić information content (AvgIpc) is 2.73. The van der Waals surface area contributed by atoms with Gasteiger partial charge in [0.25, 0.3) is 0 Å². The first kappa shape index (κ1) is 18.6. The molecule has 0 saturated carbocycles. The Balaban J connectivity index is 1.96. The second-order valence-corrected chi connectivity index (χ2v) is 9.51. The Morgan fingerprint density at radius 3 is 2.32 bits per heavy atom. The van der Waals surface area contributed by atoms with E-state index in [1.165, 1.54) is 0 Å². The SMILES string of the molecule is C=C1C=CC=C2C1C(C)(C)C(C(=O)c1ccc(C(Cl)(Cl)Cl)cc1)N2C. The standard InChI is InChI=1S/C20H20Cl3NO/c1-12-6-5-7-15-16(12)19(2,3)18(24(15)4)17(25)13-8-10-14(11-9-13)20(21,22)23/h5-11,16,18H,1H2,2-4H3. The van der Waals surface area contributed by atoms with Crippen molar-refractivity contribution in [2.45, 2.75) is 23.7 Å². The van der Waals surface area contributed by atoms with E-state index in [0.717, 1.165) is 11.3 Å². The van der Waals surface area contributed by atoms with Crippen molar-refractivity contribution in [2.24, 2.45) is 11.3 Å². The molecule has 0 N–H and O–H groups in total. The first-order valence-corrected chi connectivity index (χ1v) is 9.20. The summed E-state index contributed by atoms with van der Waals surface area (Å²) in [6.45, 7) is 8.43. The van der Waals surface area contributed by atoms with Gasteiger partial charge < -0.3 is 4.90 Å². The summed E-state index contributed by atoms with van der Waals surface area (Å²) in [7, 11) is 1.97. The minimum atomic E-state index is -1.49. The van der Waals surface area contributed by atoms with Gasteiger partial charge in [0.1, 0.15) is 0 Å². The molecule has 1 aromatic rings. The number of hydrogen-bond donors (Lipinski definition) is 0. The highest BCUT2D eigenvalue weighted by molar-refractivity contribution is 6.66. The monoisotopic (exact) mass is 395 g/mol. The molecule has 1 fully saturated rings. The minimum Gasteiger partial charge on any atom is -0.366 e. The number of Topliss-reactive ketones (excluding diaryl/α,β-unsaturated/α-hetero) is 1. The largest absolute Gasteiger partial charge is 0.366 e. The van der Waals surface area contributed by atoms with Crippen molar-refractivity contribution in [3.63, 3.8) is 0 Å². The Morgan fingerprint density at radius 1 is 1.20 bits per heavy atom. The third-order valence-corrected chi connectivity index (χ3v) is 5.89. The molecular formula is C20H20Cl3NO. The first-order valence-electron chi connectivity index (χ1n) is 8.06. The Kier molecular flexibility index (Phi) is 4.60. The molecule has 3 rings (SSSR count). The summed E-state index contributed by atoms with van der Waals surface area (Å²) >= 11 is 17.7. The van der Waals surface area contributed by atoms with E-state index in [0.29, 0.717) is 11.1 Å². The Labute approximate surface area is 163 Å². The molecule has 2 aliphatic rings. The summed E-state index contributed by atoms with van der Waals surface area (Å²) in [5.74, 6) is 0.198. The fourth-order valence-corrected chi connectivity index (χ4v) is 4.51. The number of rotatable bonds is 2. The van der Waals surface area contributed by atoms with Crippen LogP contribution >= 0.6 is 34.8 Å². The molecule has 0 bridgehead atoms. The lowest BCUT2D eigenvalue weighted by Gasteiger charge is -2.32. The molecule has 1 saturated heterocycles. The minimum absolute atomic E-state index is 0.0615. The molecule has 1 aliphatic carbocycles. The number of carbonyl (C=O) groups excluding carboxylic acids is 1. The van der Waals surface area contributed by atoms with E-state index in [-0.39, 0.29) is 23.2 Å². The topological polar surface area (TPSA) is 20.3 Å². The second kappa shape index (κ2) is 6.19. The highest BCUT2D eigenvalue weighted by Gasteiger charge is 2.53. The summed E-state index contributed by atoms with van der Waals surface area (Å²) in [6, 6.07) is 6.56. The molecule has 0 aromatic heterocycles. The average molecular weight is 397 g/mol. The number of allylic oxidation sites excluding steroid dienone is 4. The molecule has 1 aliphatic heterocycles. The predicted molar refractivity (Wildman–Crippen MR) is 105 cm³/mol. The number of alkyl halides is 3. The number of carbonyl (C=O) groups is 1. The molecular weight excluding hydrogens is 377 g/mol. The van der Waals surface area contributed by atoms with Gasteiger partial charge in [0.2, 0.25) is 3.79 Å². The molecule has 25 heavy (non-hydrogen) atoms. The summed E-state index contributed by atoms with van der Waals surface area (Å²) in [6.07, 6.45) is 6.08. The highest BCUT2D eigenvalue weighted by atomic mass is 35.6. The molecule has 5 heteroatoms. The summed E-state index contributed by atoms with van der Waals surface area (Å²) in [5.41, 5.74) is 3.06. The van der Waals surface area contributed by atoms with Crippen LogP contribution in [0.25, 0.3) is 0 Å². The molecule has 2 nitrogen and oxygen atoms in total. The van der Waals surface area contributed by atoms with E-state index >= 15 is 0 Å². The highest BCUT2D eigenvalue weighted by Crippen LogP contribution is 2.52. The predicted octanol–water partition coefficient (Wildman–Crippen LogP) is 5.66. The maximum Gasteiger partial charge on any atom is 0.216 e. The van der Waals surface area contributed by atoms with Crippen molar-refractivity contribution >= 4 is 40.6 Å². The van der Waals surface area contributed by atoms with Gasteiger partial charge in [0.05, 0.1) is 6.04 Å². The Bertz CT molecular complexity index is 784. The fraction of sp³-hybridized carbons (Fsp3) is 0.350. The number of halogens is 3. The first-order chi connectivity index (χ1) is 11.5. The zero-order valence-corrected chi connectivity index (χ0v) is 16.7. The van der Waals surface area contributed by atoms with Crippen LogP contribution in [-0.2, 0) is 3.79 Å². The second-order valence-electron chi connectivity index (χ2n) is 7.23. The van der Waals surface area contributed by atoms with Crippen molar-refractivity contribution < 1.29 is 4.79 Å². The third-order valence-electron chi connectivity index (χ3n) is 5.23. The number of likely N-dealkylation sites (N-methyl/N-ethyl adjacent to an activating group) is 1. The van der Waals surface area contributed by atoms with Crippen LogP contribution in [0.2, 0.25) is 0 Å². The molecule has 0 spiro atoms. The summed E-state index contributed by atoms with van der Waals surface area (Å²) in [5, 5.41) is 0. The lowest BCUT2D eigenvalue weighted by Crippen LogP contribution is -2.42. The maximum atomic E-state index is 13.3. The Morgan fingerprint density at radius 2 is 1.80 bits per heavy atom. The van der Waals surface area contributed by atoms with E-state index in [4.69, 9.17) is 34.8 Å². The van der Waals surface area contributed by atoms with E-state index in [9.17, 15) is 4.79 Å². The van der Waals surface area contributed by atoms with Gasteiger partial charge in [-0.05, 0) is 11.6 Å². The molecule has 0 radical (unpaired) electrons. The molecule has 2 unspecified atom stereocenters. The van der Waals surface area contributed by atoms with Gasteiger partial charge in [-0.25, -0.2) is 0 Å². The molecule has 2 atom stereocenters. The summed E-state index contributed by atoms with van der Waals surface area (Å²) in [4.78, 5) is 15.3. The fourth-order valence-electron chi connectivity index (χ4n) is 4.13. The van der Waals surface area contributed by atoms with E-state index in [1.807, 2.05) is 19.2 Å². The van der Waals surface area contributed by atoms with Crippen LogP contribution in [-0.4, -0.2) is 23.8 Å². The quantitative estimate of drug-likeness (QED) is 0.474. The van der Waals surface area contributed by atoms with Gasteiger partial charge in [-0.3, -0.25) is 4.79 Å². The maximum absolute atomic E-state index is 13.3. The van der Waals surface area contributed by atoms with Crippen LogP contribution in [0.3, 0.4) is 0 Å². The number of fused-ring (bicyclic) bond motifs is 1. The van der Waals surface area contributed by atoms with E-state index in [1.54, 1.807) is 24.3 Å². The lowest BCUT2D eigenvalue weighted by molar-refractivity contribution is 0.0799. The molecule has 0 amide bonds. The zero-order chi connectivity index (χ0) is 18.6. The Hall–Kier alpha value is -1.22. The molecule has 1 aromatic carbocycles. The number of likely N-dealkylation sites (tertiary alicyclic amines) is 1. The number of ketones is 1. The van der Waals surface area contributed by atoms with Gasteiger partial charge in [-0.1, -0.05) is 91.6 Å². The van der Waals surface area contributed by atoms with Crippen LogP contribution in [0.4, 0.5) is 0 Å². The lowest BCUT2D eigenvalue weighted by atomic mass is 9.70. The van der Waals surface area contributed by atoms with Crippen molar-refractivity contribution in [3.05, 3.63) is 71.5 Å². The van der Waals surface area contributed by atoms with Crippen molar-refractivity contribution in [3.8, 4) is 0 Å². The number of hydrogen-bond acceptors (Lipinski definition) is 2. The van der Waals surface area contributed by atoms with Gasteiger partial charge in [0.15, 0.2) is 5.78 Å². The summed E-state index contributed by atoms with van der Waals surface area (Å²) < 4.78 is -1.49. The van der Waals surface area contributed by atoms with E-state index < -0.39 is 3.79 Å². The van der Waals surface area contributed by atoms with Gasteiger partial charge in [0, 0.05) is 35.2 Å². The zero-order valence-electron chi connectivity index (χ0n) is 14.4. The smallest absolute Gasteiger partial charge is 0.216 e. The molecule has 1 heterocycles. The van der Waals surface area contributed by atoms with Gasteiger partial charge in [-0.2, -0.15) is 0 Å². The van der Waals surface area contributed by atoms with Crippen LogP contribution < -0.4 is 0 Å². The van der Waals surface area contributed by atoms with Crippen LogP contribution in [0.1, 0.15) is 29.8 Å². The normalized spacial score (nSPS) is 25.0. The van der Waals surface area contributed by atoms with Gasteiger partial charge in [-0.15, -0.1) is 0 Å². The van der Waals surface area contributed by atoms with Crippen molar-refractivity contribution in [1.82, 2.24) is 4.90 Å². The van der Waals surface area contributed by atoms with Crippen LogP contribution in [0, 0.1) is 11.3 Å². The van der Waals surface area contributed by atoms with E-state index in [2.05, 4.69) is 31.4 Å². The van der Waals surface area contributed by atoms with Crippen molar-refractivity contribution in [2.75, 3.05) is 7.05 Å². The number of benzene rings is 1. The van der Waals surface area contributed by atoms with Gasteiger partial charge >= 0.3 is 0 Å². The number of nitrogens with zero attached hydrogens (tertiary/aromatic N) is 1.